The molecule has 184 valence electrons. The number of nitrogens with one attached hydrogen (secondary N) is 3. The Bertz CT molecular complexity index is 1560. The van der Waals surface area contributed by atoms with Crippen LogP contribution in [0.4, 0.5) is 17.5 Å². The summed E-state index contributed by atoms with van der Waals surface area (Å²) in [5.74, 6) is 2.15. The monoisotopic (exact) mass is 502 g/mol. The lowest BCUT2D eigenvalue weighted by Gasteiger charge is -2.72. The molecule has 3 fully saturated rings. The van der Waals surface area contributed by atoms with E-state index in [1.165, 1.54) is 6.20 Å². The average molecular weight is 503 g/mol. The Balaban J connectivity index is 1.12. The Morgan fingerprint density at radius 1 is 1.08 bits per heavy atom. The summed E-state index contributed by atoms with van der Waals surface area (Å²) in [4.78, 5) is 15.2. The van der Waals surface area contributed by atoms with Gasteiger partial charge in [0.25, 0.3) is 0 Å². The van der Waals surface area contributed by atoms with Crippen molar-refractivity contribution in [2.45, 2.75) is 60.5 Å². The minimum Gasteiger partial charge on any atom is -0.367 e. The summed E-state index contributed by atoms with van der Waals surface area (Å²) in [6.07, 6.45) is 7.92. The zero-order valence-electron chi connectivity index (χ0n) is 19.7. The number of H-pyrrole nitrogens is 1. The summed E-state index contributed by atoms with van der Waals surface area (Å²) in [5, 5.41) is 15.1. The second-order valence-corrected chi connectivity index (χ2v) is 12.3. The van der Waals surface area contributed by atoms with Crippen LogP contribution in [0.1, 0.15) is 31.4 Å². The number of pyridine rings is 3. The molecule has 0 bridgehead atoms. The van der Waals surface area contributed by atoms with Gasteiger partial charge in [0, 0.05) is 59.9 Å². The fourth-order valence-electron chi connectivity index (χ4n) is 6.37. The van der Waals surface area contributed by atoms with Gasteiger partial charge in [-0.25, -0.2) is 13.4 Å². The number of anilines is 3. The number of sulfone groups is 1. The minimum atomic E-state index is -3.44. The molecule has 0 aliphatic carbocycles. The van der Waals surface area contributed by atoms with Gasteiger partial charge >= 0.3 is 0 Å². The Morgan fingerprint density at radius 2 is 1.89 bits per heavy atom. The number of hydrogen-bond acceptors (Lipinski definition) is 9. The van der Waals surface area contributed by atoms with E-state index in [1.54, 1.807) is 24.5 Å². The SMILES string of the molecule is Cc1cc(Nc2cc3ncccc3c(NC3C[C@@H]4CC5(S(=O)(=O)c6cccnc6)C[C@H](C3)N45)n2)n[nH]1. The first-order valence-corrected chi connectivity index (χ1v) is 13.7. The van der Waals surface area contributed by atoms with Gasteiger partial charge in [-0.15, -0.1) is 0 Å². The lowest BCUT2D eigenvalue weighted by atomic mass is 9.67. The molecule has 0 spiro atoms. The molecule has 7 heterocycles. The van der Waals surface area contributed by atoms with Crippen LogP contribution in [0.5, 0.6) is 0 Å². The zero-order valence-corrected chi connectivity index (χ0v) is 20.5. The molecular weight excluding hydrogens is 476 g/mol. The number of fused-ring (bicyclic) bond motifs is 1. The van der Waals surface area contributed by atoms with E-state index in [4.69, 9.17) is 4.98 Å². The van der Waals surface area contributed by atoms with E-state index in [2.05, 4.69) is 35.7 Å². The summed E-state index contributed by atoms with van der Waals surface area (Å²) in [6, 6.07) is 11.8. The molecule has 2 unspecified atom stereocenters. The maximum absolute atomic E-state index is 13.4. The van der Waals surface area contributed by atoms with Gasteiger partial charge in [-0.2, -0.15) is 5.10 Å². The van der Waals surface area contributed by atoms with Gasteiger partial charge in [-0.3, -0.25) is 20.0 Å². The zero-order chi connectivity index (χ0) is 24.5. The molecule has 11 heteroatoms. The lowest BCUT2D eigenvalue weighted by molar-refractivity contribution is -0.173. The molecule has 0 radical (unpaired) electrons. The molecule has 36 heavy (non-hydrogen) atoms. The van der Waals surface area contributed by atoms with Crippen LogP contribution in [0.25, 0.3) is 10.9 Å². The molecule has 0 aromatic carbocycles. The highest BCUT2D eigenvalue weighted by molar-refractivity contribution is 7.93. The number of aryl methyl sites for hydroxylation is 1. The highest BCUT2D eigenvalue weighted by Crippen LogP contribution is 2.60. The largest absolute Gasteiger partial charge is 0.367 e. The van der Waals surface area contributed by atoms with Crippen molar-refractivity contribution < 1.29 is 8.42 Å². The fraction of sp³-hybridized carbons (Fsp3) is 0.360. The third-order valence-corrected chi connectivity index (χ3v) is 10.2. The highest BCUT2D eigenvalue weighted by Gasteiger charge is 2.71. The van der Waals surface area contributed by atoms with Gasteiger partial charge in [-0.05, 0) is 56.9 Å². The maximum atomic E-state index is 13.4. The topological polar surface area (TPSA) is 129 Å². The molecule has 4 atom stereocenters. The molecule has 3 N–H and O–H groups in total. The predicted molar refractivity (Wildman–Crippen MR) is 136 cm³/mol. The van der Waals surface area contributed by atoms with Gasteiger partial charge in [0.1, 0.15) is 16.5 Å². The summed E-state index contributed by atoms with van der Waals surface area (Å²) in [7, 11) is -3.44. The van der Waals surface area contributed by atoms with Crippen LogP contribution in [-0.2, 0) is 9.84 Å². The van der Waals surface area contributed by atoms with Crippen LogP contribution in [0.2, 0.25) is 0 Å². The quantitative estimate of drug-likeness (QED) is 0.363. The van der Waals surface area contributed by atoms with Crippen molar-refractivity contribution in [3.63, 3.8) is 0 Å². The van der Waals surface area contributed by atoms with Crippen molar-refractivity contribution in [2.75, 3.05) is 10.6 Å². The molecule has 0 saturated carbocycles. The van der Waals surface area contributed by atoms with E-state index >= 15 is 0 Å². The van der Waals surface area contributed by atoms with Crippen molar-refractivity contribution in [2.24, 2.45) is 0 Å². The number of hydrogen-bond donors (Lipinski definition) is 3. The third kappa shape index (κ3) is 3.15. The molecule has 3 aliphatic rings. The number of aromatic nitrogens is 5. The minimum absolute atomic E-state index is 0.203. The third-order valence-electron chi connectivity index (χ3n) is 7.83. The van der Waals surface area contributed by atoms with Crippen LogP contribution >= 0.6 is 0 Å². The Morgan fingerprint density at radius 3 is 2.61 bits per heavy atom. The number of nitrogens with zero attached hydrogens (tertiary/aromatic N) is 5. The summed E-state index contributed by atoms with van der Waals surface area (Å²) < 4.78 is 26.8. The molecule has 0 amide bonds. The maximum Gasteiger partial charge on any atom is 0.198 e. The van der Waals surface area contributed by atoms with Crippen LogP contribution in [0.3, 0.4) is 0 Å². The van der Waals surface area contributed by atoms with E-state index in [0.717, 1.165) is 35.3 Å². The normalized spacial score (nSPS) is 27.1. The summed E-state index contributed by atoms with van der Waals surface area (Å²) in [6.45, 7) is 1.95. The molecule has 7 rings (SSSR count). The van der Waals surface area contributed by atoms with E-state index in [1.807, 2.05) is 31.2 Å². The Hall–Kier alpha value is -3.57. The summed E-state index contributed by atoms with van der Waals surface area (Å²) >= 11 is 0. The van der Waals surface area contributed by atoms with Crippen molar-refractivity contribution in [1.82, 2.24) is 30.0 Å². The first kappa shape index (κ1) is 21.7. The van der Waals surface area contributed by atoms with Gasteiger partial charge in [0.05, 0.1) is 10.4 Å². The first-order chi connectivity index (χ1) is 17.4. The number of aromatic amines is 1. The number of rotatable bonds is 6. The van der Waals surface area contributed by atoms with Gasteiger partial charge < -0.3 is 10.6 Å². The van der Waals surface area contributed by atoms with Gasteiger partial charge in [-0.1, -0.05) is 0 Å². The Labute approximate surface area is 208 Å². The second kappa shape index (κ2) is 7.71. The highest BCUT2D eigenvalue weighted by atomic mass is 32.2. The standard InChI is InChI=1S/C25H26N8O2S/c1-15-8-23(32-31-15)29-22-11-21-20(5-3-7-27-21)24(30-22)28-16-9-17-12-25(13-18(10-16)33(17)25)36(34,35)19-4-2-6-26-14-19/h2-8,11,14,16-18H,9-10,12-13H2,1H3,(H3,28,29,30,31,32)/t16?,17-,18+,25?. The van der Waals surface area contributed by atoms with Crippen LogP contribution < -0.4 is 10.6 Å². The smallest absolute Gasteiger partial charge is 0.198 e. The van der Waals surface area contributed by atoms with E-state index in [0.29, 0.717) is 29.4 Å². The summed E-state index contributed by atoms with van der Waals surface area (Å²) in [5.41, 5.74) is 1.81. The molecule has 10 nitrogen and oxygen atoms in total. The van der Waals surface area contributed by atoms with Crippen LogP contribution in [0.15, 0.2) is 59.9 Å². The van der Waals surface area contributed by atoms with E-state index in [9.17, 15) is 8.42 Å². The van der Waals surface area contributed by atoms with Crippen LogP contribution in [-0.4, -0.2) is 61.5 Å². The second-order valence-electron chi connectivity index (χ2n) is 10.1. The fourth-order valence-corrected chi connectivity index (χ4v) is 8.67. The van der Waals surface area contributed by atoms with E-state index in [-0.39, 0.29) is 18.1 Å². The Kier molecular flexibility index (Phi) is 4.65. The van der Waals surface area contributed by atoms with E-state index < -0.39 is 14.7 Å². The average Bonchev–Trinajstić information content (AvgIpc) is 3.25. The van der Waals surface area contributed by atoms with Crippen molar-refractivity contribution in [1.29, 1.82) is 0 Å². The predicted octanol–water partition coefficient (Wildman–Crippen LogP) is 3.39. The first-order valence-electron chi connectivity index (χ1n) is 12.2. The van der Waals surface area contributed by atoms with Crippen molar-refractivity contribution >= 4 is 38.2 Å². The lowest BCUT2D eigenvalue weighted by Crippen LogP contribution is -2.83. The molecule has 4 aromatic rings. The van der Waals surface area contributed by atoms with Crippen molar-refractivity contribution in [3.05, 3.63) is 60.7 Å². The van der Waals surface area contributed by atoms with Crippen molar-refractivity contribution in [3.8, 4) is 0 Å². The van der Waals surface area contributed by atoms with Crippen LogP contribution in [0, 0.1) is 6.92 Å². The van der Waals surface area contributed by atoms with Gasteiger partial charge in [0.2, 0.25) is 0 Å². The molecule has 3 saturated heterocycles. The molecular formula is C25H26N8O2S. The molecule has 3 aliphatic heterocycles. The number of piperidine rings is 2. The van der Waals surface area contributed by atoms with Gasteiger partial charge in [0.15, 0.2) is 15.7 Å². The molecule has 4 aromatic heterocycles.